The van der Waals surface area contributed by atoms with Crippen LogP contribution in [0.1, 0.15) is 22.6 Å². The Morgan fingerprint density at radius 1 is 1.27 bits per heavy atom. The molecular formula is C18H19F3N8O. The molecule has 2 aliphatic rings. The molecule has 0 saturated carbocycles. The van der Waals surface area contributed by atoms with E-state index in [4.69, 9.17) is 0 Å². The molecular weight excluding hydrogens is 401 g/mol. The number of hydrogen-bond donors (Lipinski definition) is 2. The number of aryl methyl sites for hydroxylation is 1. The fourth-order valence-corrected chi connectivity index (χ4v) is 4.18. The number of nitrogens with zero attached hydrogens (tertiary/aromatic N) is 6. The Morgan fingerprint density at radius 3 is 2.87 bits per heavy atom. The van der Waals surface area contributed by atoms with Crippen LogP contribution in [0.5, 0.6) is 0 Å². The zero-order chi connectivity index (χ0) is 21.0. The van der Waals surface area contributed by atoms with E-state index < -0.39 is 23.5 Å². The zero-order valence-corrected chi connectivity index (χ0v) is 16.0. The average molecular weight is 420 g/mol. The van der Waals surface area contributed by atoms with Crippen LogP contribution in [0.15, 0.2) is 24.5 Å². The molecule has 3 aromatic heterocycles. The van der Waals surface area contributed by atoms with Crippen LogP contribution in [-0.2, 0) is 13.2 Å². The average Bonchev–Trinajstić information content (AvgIpc) is 3.37. The van der Waals surface area contributed by atoms with E-state index in [1.165, 1.54) is 17.6 Å². The molecule has 2 aliphatic heterocycles. The molecule has 0 unspecified atom stereocenters. The van der Waals surface area contributed by atoms with Crippen molar-refractivity contribution in [1.82, 2.24) is 29.7 Å². The van der Waals surface area contributed by atoms with Gasteiger partial charge in [0.05, 0.1) is 17.4 Å². The minimum Gasteiger partial charge on any atom is -0.338 e. The van der Waals surface area contributed by atoms with Crippen LogP contribution in [0.25, 0.3) is 5.52 Å². The highest BCUT2D eigenvalue weighted by Crippen LogP contribution is 2.33. The monoisotopic (exact) mass is 420 g/mol. The summed E-state index contributed by atoms with van der Waals surface area (Å²) in [4.78, 5) is 19.2. The van der Waals surface area contributed by atoms with Gasteiger partial charge in [0.25, 0.3) is 5.91 Å². The molecule has 2 N–H and O–H groups in total. The summed E-state index contributed by atoms with van der Waals surface area (Å²) in [6, 6.07) is 3.55. The van der Waals surface area contributed by atoms with Crippen molar-refractivity contribution in [3.63, 3.8) is 0 Å². The number of alkyl halides is 3. The molecule has 2 fully saturated rings. The fourth-order valence-electron chi connectivity index (χ4n) is 4.18. The maximum absolute atomic E-state index is 13.2. The molecule has 158 valence electrons. The second-order valence-corrected chi connectivity index (χ2v) is 7.74. The number of amides is 1. The Kier molecular flexibility index (Phi) is 4.20. The lowest BCUT2D eigenvalue weighted by atomic mass is 10.0. The van der Waals surface area contributed by atoms with Crippen molar-refractivity contribution in [3.05, 3.63) is 35.9 Å². The molecule has 5 rings (SSSR count). The lowest BCUT2D eigenvalue weighted by molar-refractivity contribution is -0.140. The number of piperidine rings is 1. The standard InChI is InChI=1S/C18H19F3N8O/c1-27-9-13(15(25-27)18(19,20)21)24-16(30)14-3-2-12-6-23-17(26-29(12)14)28-7-10-4-11(8-28)22-5-10/h2-3,6,9-11,22H,4-5,7-8H2,1H3,(H,24,30)/t10-,11-/m0/s1. The highest BCUT2D eigenvalue weighted by Gasteiger charge is 2.38. The second-order valence-electron chi connectivity index (χ2n) is 7.74. The van der Waals surface area contributed by atoms with Crippen molar-refractivity contribution in [3.8, 4) is 0 Å². The molecule has 0 spiro atoms. The maximum Gasteiger partial charge on any atom is 0.437 e. The largest absolute Gasteiger partial charge is 0.437 e. The molecule has 3 aromatic rings. The third-order valence-corrected chi connectivity index (χ3v) is 5.48. The van der Waals surface area contributed by atoms with Gasteiger partial charge in [0.15, 0.2) is 5.69 Å². The zero-order valence-electron chi connectivity index (χ0n) is 16.0. The Hall–Kier alpha value is -3.15. The summed E-state index contributed by atoms with van der Waals surface area (Å²) in [5.74, 6) is 0.309. The predicted molar refractivity (Wildman–Crippen MR) is 101 cm³/mol. The van der Waals surface area contributed by atoms with E-state index >= 15 is 0 Å². The summed E-state index contributed by atoms with van der Waals surface area (Å²) >= 11 is 0. The van der Waals surface area contributed by atoms with E-state index in [-0.39, 0.29) is 5.69 Å². The third-order valence-electron chi connectivity index (χ3n) is 5.48. The van der Waals surface area contributed by atoms with Gasteiger partial charge in [-0.1, -0.05) is 0 Å². The highest BCUT2D eigenvalue weighted by molar-refractivity contribution is 6.04. The van der Waals surface area contributed by atoms with Crippen LogP contribution >= 0.6 is 0 Å². The SMILES string of the molecule is Cn1cc(NC(=O)c2ccc3cnc(N4C[C@@H]5CN[C@@H](C5)C4)nn23)c(C(F)(F)F)n1. The lowest BCUT2D eigenvalue weighted by Gasteiger charge is -2.30. The van der Waals surface area contributed by atoms with E-state index in [0.717, 1.165) is 36.9 Å². The van der Waals surface area contributed by atoms with E-state index in [9.17, 15) is 18.0 Å². The van der Waals surface area contributed by atoms with Gasteiger partial charge < -0.3 is 15.5 Å². The molecule has 2 saturated heterocycles. The maximum atomic E-state index is 13.2. The molecule has 1 amide bonds. The molecule has 0 radical (unpaired) electrons. The van der Waals surface area contributed by atoms with Crippen molar-refractivity contribution in [2.24, 2.45) is 13.0 Å². The van der Waals surface area contributed by atoms with E-state index in [0.29, 0.717) is 23.4 Å². The van der Waals surface area contributed by atoms with Crippen LogP contribution in [-0.4, -0.2) is 56.0 Å². The predicted octanol–water partition coefficient (Wildman–Crippen LogP) is 1.53. The molecule has 0 aliphatic carbocycles. The van der Waals surface area contributed by atoms with Crippen LogP contribution in [0.4, 0.5) is 24.8 Å². The first-order valence-electron chi connectivity index (χ1n) is 9.53. The van der Waals surface area contributed by atoms with Crippen LogP contribution in [0.2, 0.25) is 0 Å². The Morgan fingerprint density at radius 2 is 2.10 bits per heavy atom. The number of nitrogens with one attached hydrogen (secondary N) is 2. The first-order chi connectivity index (χ1) is 14.3. The summed E-state index contributed by atoms with van der Waals surface area (Å²) in [6.07, 6.45) is -0.827. The first kappa shape index (κ1) is 18.9. The number of aromatic nitrogens is 5. The highest BCUT2D eigenvalue weighted by atomic mass is 19.4. The van der Waals surface area contributed by atoms with Gasteiger partial charge in [-0.05, 0) is 24.5 Å². The molecule has 2 bridgehead atoms. The van der Waals surface area contributed by atoms with Crippen molar-refractivity contribution in [2.45, 2.75) is 18.6 Å². The van der Waals surface area contributed by atoms with Gasteiger partial charge >= 0.3 is 6.18 Å². The smallest absolute Gasteiger partial charge is 0.338 e. The Labute approximate surface area is 168 Å². The number of anilines is 2. The van der Waals surface area contributed by atoms with Crippen molar-refractivity contribution in [2.75, 3.05) is 29.9 Å². The van der Waals surface area contributed by atoms with Crippen LogP contribution < -0.4 is 15.5 Å². The summed E-state index contributed by atoms with van der Waals surface area (Å²) in [5.41, 5.74) is -0.864. The molecule has 9 nitrogen and oxygen atoms in total. The van der Waals surface area contributed by atoms with Gasteiger partial charge in [0.2, 0.25) is 5.95 Å². The minimum atomic E-state index is -4.68. The van der Waals surface area contributed by atoms with Gasteiger partial charge in [0.1, 0.15) is 5.69 Å². The molecule has 5 heterocycles. The summed E-state index contributed by atoms with van der Waals surface area (Å²) in [7, 11) is 1.36. The van der Waals surface area contributed by atoms with Gasteiger partial charge in [-0.2, -0.15) is 18.3 Å². The van der Waals surface area contributed by atoms with Gasteiger partial charge in [-0.15, -0.1) is 5.10 Å². The second kappa shape index (κ2) is 6.69. The lowest BCUT2D eigenvalue weighted by Crippen LogP contribution is -2.42. The molecule has 12 heteroatoms. The van der Waals surface area contributed by atoms with Gasteiger partial charge in [0, 0.05) is 38.9 Å². The van der Waals surface area contributed by atoms with Crippen molar-refractivity contribution >= 4 is 23.1 Å². The molecule has 2 atom stereocenters. The number of halogens is 3. The number of carbonyl (C=O) groups excluding carboxylic acids is 1. The van der Waals surface area contributed by atoms with Crippen molar-refractivity contribution in [1.29, 1.82) is 0 Å². The van der Waals surface area contributed by atoms with E-state index in [1.54, 1.807) is 12.3 Å². The Balaban J connectivity index is 1.44. The van der Waals surface area contributed by atoms with Gasteiger partial charge in [-0.3, -0.25) is 9.48 Å². The summed E-state index contributed by atoms with van der Waals surface area (Å²) in [6.45, 7) is 2.56. The third kappa shape index (κ3) is 3.26. The normalized spacial score (nSPS) is 21.4. The fraction of sp³-hybridized carbons (Fsp3) is 0.444. The first-order valence-corrected chi connectivity index (χ1v) is 9.53. The molecule has 30 heavy (non-hydrogen) atoms. The van der Waals surface area contributed by atoms with Crippen LogP contribution in [0.3, 0.4) is 0 Å². The summed E-state index contributed by atoms with van der Waals surface area (Å²) in [5, 5.41) is 13.7. The van der Waals surface area contributed by atoms with Crippen LogP contribution in [0, 0.1) is 5.92 Å². The number of carbonyl (C=O) groups is 1. The topological polar surface area (TPSA) is 92.4 Å². The quantitative estimate of drug-likeness (QED) is 0.668. The van der Waals surface area contributed by atoms with E-state index in [2.05, 4.69) is 30.7 Å². The summed E-state index contributed by atoms with van der Waals surface area (Å²) < 4.78 is 41.9. The minimum absolute atomic E-state index is 0.115. The van der Waals surface area contributed by atoms with Gasteiger partial charge in [-0.25, -0.2) is 9.50 Å². The number of rotatable bonds is 3. The number of hydrogen-bond acceptors (Lipinski definition) is 6. The number of fused-ring (bicyclic) bond motifs is 3. The molecule has 0 aromatic carbocycles. The van der Waals surface area contributed by atoms with E-state index in [1.807, 2.05) is 0 Å². The van der Waals surface area contributed by atoms with Crippen molar-refractivity contribution < 1.29 is 18.0 Å². The Bertz CT molecular complexity index is 1110.